The smallest absolute Gasteiger partial charge is 0.204 e. The lowest BCUT2D eigenvalue weighted by Crippen LogP contribution is -2.38. The Morgan fingerprint density at radius 2 is 0.897 bits per heavy atom. The summed E-state index contributed by atoms with van der Waals surface area (Å²) >= 11 is 0. The Morgan fingerprint density at radius 3 is 1.34 bits per heavy atom. The van der Waals surface area contributed by atoms with E-state index < -0.39 is 0 Å². The zero-order valence-electron chi connectivity index (χ0n) is 19.3. The first-order chi connectivity index (χ1) is 14.4. The lowest BCUT2D eigenvalue weighted by molar-refractivity contribution is -0.728. The van der Waals surface area contributed by atoms with Gasteiger partial charge in [-0.3, -0.25) is 0 Å². The Bertz CT molecular complexity index is 452. The molecule has 0 bridgehead atoms. The second-order valence-electron chi connectivity index (χ2n) is 10.0. The van der Waals surface area contributed by atoms with Gasteiger partial charge in [0.1, 0.15) is 0 Å². The molecule has 0 aliphatic heterocycles. The highest BCUT2D eigenvalue weighted by atomic mass is 15.1. The zero-order chi connectivity index (χ0) is 20.0. The molecule has 0 spiro atoms. The third kappa shape index (κ3) is 8.85. The maximum absolute atomic E-state index is 3.81. The van der Waals surface area contributed by atoms with E-state index in [9.17, 15) is 0 Å². The van der Waals surface area contributed by atoms with Crippen LogP contribution in [-0.2, 0) is 0 Å². The quantitative estimate of drug-likeness (QED) is 0.349. The van der Waals surface area contributed by atoms with Crippen molar-refractivity contribution in [3.63, 3.8) is 0 Å². The first-order valence-electron chi connectivity index (χ1n) is 13.4. The maximum atomic E-state index is 3.81. The monoisotopic (exact) mass is 400 g/mol. The summed E-state index contributed by atoms with van der Waals surface area (Å²) in [6, 6.07) is 1.36. The molecule has 29 heavy (non-hydrogen) atoms. The molecule has 1 aromatic rings. The molecular formula is C27H48N2. The van der Waals surface area contributed by atoms with Gasteiger partial charge < -0.3 is 9.13 Å². The zero-order valence-corrected chi connectivity index (χ0v) is 19.3. The molecule has 2 heteroatoms. The van der Waals surface area contributed by atoms with E-state index in [0.29, 0.717) is 12.1 Å². The molecule has 2 aliphatic carbocycles. The fourth-order valence-corrected chi connectivity index (χ4v) is 5.59. The minimum atomic E-state index is 0.682. The molecule has 0 aromatic carbocycles. The third-order valence-electron chi connectivity index (χ3n) is 7.55. The molecule has 0 saturated heterocycles. The fraction of sp³-hybridized carbons (Fsp3) is 0.889. The average molecular weight is 401 g/mol. The Balaban J connectivity index is 1.57. The van der Waals surface area contributed by atoms with Gasteiger partial charge in [-0.15, -0.1) is 0 Å². The van der Waals surface area contributed by atoms with Crippen molar-refractivity contribution in [3.05, 3.63) is 18.7 Å². The number of hydrogen-bond acceptors (Lipinski definition) is 0. The molecule has 0 N–H and O–H groups in total. The van der Waals surface area contributed by atoms with E-state index in [-0.39, 0.29) is 0 Å². The molecule has 0 unspecified atom stereocenters. The van der Waals surface area contributed by atoms with E-state index >= 15 is 0 Å². The molecule has 2 aliphatic rings. The van der Waals surface area contributed by atoms with Gasteiger partial charge in [0.15, 0.2) is 0 Å². The van der Waals surface area contributed by atoms with Crippen molar-refractivity contribution in [3.8, 4) is 0 Å². The van der Waals surface area contributed by atoms with Gasteiger partial charge in [0.05, 0.1) is 12.1 Å². The summed E-state index contributed by atoms with van der Waals surface area (Å²) in [5.41, 5.74) is 0. The van der Waals surface area contributed by atoms with Crippen LogP contribution in [0.2, 0.25) is 0 Å². The molecule has 166 valence electrons. The number of rotatable bonds is 2. The van der Waals surface area contributed by atoms with Crippen molar-refractivity contribution < 1.29 is 4.57 Å². The highest BCUT2D eigenvalue weighted by molar-refractivity contribution is 4.76. The summed E-state index contributed by atoms with van der Waals surface area (Å²) in [6.45, 7) is 0. The van der Waals surface area contributed by atoms with Crippen molar-refractivity contribution in [2.75, 3.05) is 0 Å². The van der Waals surface area contributed by atoms with Crippen LogP contribution in [0, 0.1) is 6.33 Å². The summed E-state index contributed by atoms with van der Waals surface area (Å²) in [5, 5.41) is 0. The minimum Gasteiger partial charge on any atom is -0.349 e. The van der Waals surface area contributed by atoms with E-state index in [4.69, 9.17) is 0 Å². The van der Waals surface area contributed by atoms with Crippen LogP contribution in [-0.4, -0.2) is 4.57 Å². The van der Waals surface area contributed by atoms with E-state index in [1.807, 2.05) is 0 Å². The van der Waals surface area contributed by atoms with Crippen LogP contribution in [0.25, 0.3) is 0 Å². The standard InChI is InChI=1S/C27H48N2/c1-3-7-11-15-19-26(20-16-12-8-4-1)28-23-24-29(25-28)27-21-17-13-9-5-2-6-10-14-18-22-27/h23-24,26-27H,1-22H2. The summed E-state index contributed by atoms with van der Waals surface area (Å²) in [4.78, 5) is 0. The number of imidazole rings is 1. The van der Waals surface area contributed by atoms with Gasteiger partial charge >= 0.3 is 0 Å². The summed E-state index contributed by atoms with van der Waals surface area (Å²) in [7, 11) is 0. The van der Waals surface area contributed by atoms with Crippen molar-refractivity contribution in [2.45, 2.75) is 153 Å². The Labute approximate surface area is 181 Å². The topological polar surface area (TPSA) is 8.81 Å². The van der Waals surface area contributed by atoms with Crippen LogP contribution < -0.4 is 4.57 Å². The molecule has 0 radical (unpaired) electrons. The average Bonchev–Trinajstić information content (AvgIpc) is 3.19. The Morgan fingerprint density at radius 1 is 0.517 bits per heavy atom. The summed E-state index contributed by atoms with van der Waals surface area (Å²) < 4.78 is 4.95. The minimum absolute atomic E-state index is 0.682. The van der Waals surface area contributed by atoms with Crippen LogP contribution in [0.5, 0.6) is 0 Å². The molecule has 0 atom stereocenters. The van der Waals surface area contributed by atoms with Crippen LogP contribution in [0.1, 0.15) is 153 Å². The SMILES string of the molecule is [c-]1n(C2CCCCCCCCCCC2)cc[n+]1C1CCCCCCCCCCC1. The van der Waals surface area contributed by atoms with Crippen molar-refractivity contribution in [1.82, 2.24) is 4.57 Å². The normalized spacial score (nSPS) is 24.0. The van der Waals surface area contributed by atoms with E-state index in [0.717, 1.165) is 0 Å². The summed E-state index contributed by atoms with van der Waals surface area (Å²) in [6.07, 6.45) is 39.9. The first kappa shape index (κ1) is 22.9. The van der Waals surface area contributed by atoms with Gasteiger partial charge in [0.25, 0.3) is 0 Å². The fourth-order valence-electron chi connectivity index (χ4n) is 5.59. The second kappa shape index (κ2) is 14.3. The maximum Gasteiger partial charge on any atom is 0.204 e. The second-order valence-corrected chi connectivity index (χ2v) is 10.0. The predicted molar refractivity (Wildman–Crippen MR) is 123 cm³/mol. The van der Waals surface area contributed by atoms with Gasteiger partial charge in [-0.25, -0.2) is 0 Å². The lowest BCUT2D eigenvalue weighted by atomic mass is 9.97. The largest absolute Gasteiger partial charge is 0.349 e. The molecule has 1 aromatic heterocycles. The predicted octanol–water partition coefficient (Wildman–Crippen LogP) is 8.27. The van der Waals surface area contributed by atoms with Crippen molar-refractivity contribution in [2.24, 2.45) is 0 Å². The van der Waals surface area contributed by atoms with Crippen LogP contribution in [0.4, 0.5) is 0 Å². The molecule has 3 rings (SSSR count). The van der Waals surface area contributed by atoms with Crippen molar-refractivity contribution >= 4 is 0 Å². The number of aromatic nitrogens is 2. The number of nitrogens with zero attached hydrogens (tertiary/aromatic N) is 2. The molecule has 2 nitrogen and oxygen atoms in total. The van der Waals surface area contributed by atoms with E-state index in [1.165, 1.54) is 141 Å². The Kier molecular flexibility index (Phi) is 11.3. The molecule has 0 amide bonds. The van der Waals surface area contributed by atoms with Crippen molar-refractivity contribution in [1.29, 1.82) is 0 Å². The highest BCUT2D eigenvalue weighted by Gasteiger charge is 2.17. The van der Waals surface area contributed by atoms with Crippen LogP contribution in [0.15, 0.2) is 12.4 Å². The highest BCUT2D eigenvalue weighted by Crippen LogP contribution is 2.26. The van der Waals surface area contributed by atoms with Gasteiger partial charge in [-0.05, 0) is 63.8 Å². The number of hydrogen-bond donors (Lipinski definition) is 0. The van der Waals surface area contributed by atoms with Crippen LogP contribution in [0.3, 0.4) is 0 Å². The third-order valence-corrected chi connectivity index (χ3v) is 7.55. The molecular weight excluding hydrogens is 352 g/mol. The Hall–Kier alpha value is -0.790. The van der Waals surface area contributed by atoms with Gasteiger partial charge in [0, 0.05) is 0 Å². The van der Waals surface area contributed by atoms with Crippen LogP contribution >= 0.6 is 0 Å². The first-order valence-corrected chi connectivity index (χ1v) is 13.4. The molecule has 2 fully saturated rings. The lowest BCUT2D eigenvalue weighted by Gasteiger charge is -2.20. The van der Waals surface area contributed by atoms with Gasteiger partial charge in [-0.2, -0.15) is 0 Å². The molecule has 2 saturated carbocycles. The van der Waals surface area contributed by atoms with E-state index in [2.05, 4.69) is 27.9 Å². The van der Waals surface area contributed by atoms with Gasteiger partial charge in [0.2, 0.25) is 6.33 Å². The van der Waals surface area contributed by atoms with E-state index in [1.54, 1.807) is 0 Å². The summed E-state index contributed by atoms with van der Waals surface area (Å²) in [5.74, 6) is 0. The van der Waals surface area contributed by atoms with Gasteiger partial charge in [-0.1, -0.05) is 89.9 Å². The molecule has 1 heterocycles.